The largest absolute Gasteiger partial charge is 0.488 e. The standard InChI is InChI=1S/C16H16OS/c1-2-4-6-8-11-15(10-7-5-3-1)17-14-16-12-9-13-18-16/h1,3-13H,2,14H2/b3-1?,6-4+,7-5-,11-8-,15-10-. The molecule has 1 heterocycles. The number of rotatable bonds is 3. The molecule has 1 nitrogen and oxygen atoms in total. The summed E-state index contributed by atoms with van der Waals surface area (Å²) in [4.78, 5) is 1.23. The lowest BCUT2D eigenvalue weighted by atomic mass is 10.3. The van der Waals surface area contributed by atoms with Gasteiger partial charge in [0.25, 0.3) is 0 Å². The molecule has 0 atom stereocenters. The fourth-order valence-corrected chi connectivity index (χ4v) is 2.07. The zero-order valence-electron chi connectivity index (χ0n) is 10.2. The summed E-state index contributed by atoms with van der Waals surface area (Å²) in [6.07, 6.45) is 19.3. The Labute approximate surface area is 112 Å². The van der Waals surface area contributed by atoms with E-state index in [1.807, 2.05) is 48.6 Å². The summed E-state index contributed by atoms with van der Waals surface area (Å²) in [7, 11) is 0. The molecule has 1 aliphatic rings. The van der Waals surface area contributed by atoms with Crippen LogP contribution in [0.1, 0.15) is 11.3 Å². The minimum atomic E-state index is 0.626. The van der Waals surface area contributed by atoms with Gasteiger partial charge in [-0.25, -0.2) is 0 Å². The van der Waals surface area contributed by atoms with Crippen molar-refractivity contribution < 1.29 is 4.74 Å². The second-order valence-corrected chi connectivity index (χ2v) is 4.81. The Balaban J connectivity index is 2.00. The van der Waals surface area contributed by atoms with Gasteiger partial charge in [0.1, 0.15) is 12.4 Å². The number of hydrogen-bond donors (Lipinski definition) is 0. The average molecular weight is 256 g/mol. The van der Waals surface area contributed by atoms with Crippen LogP contribution in [0.5, 0.6) is 0 Å². The van der Waals surface area contributed by atoms with Gasteiger partial charge < -0.3 is 4.74 Å². The van der Waals surface area contributed by atoms with Crippen LogP contribution in [0.3, 0.4) is 0 Å². The summed E-state index contributed by atoms with van der Waals surface area (Å²) >= 11 is 1.71. The van der Waals surface area contributed by atoms with Crippen molar-refractivity contribution in [3.8, 4) is 0 Å². The van der Waals surface area contributed by atoms with E-state index in [1.54, 1.807) is 11.3 Å². The van der Waals surface area contributed by atoms with Gasteiger partial charge >= 0.3 is 0 Å². The van der Waals surface area contributed by atoms with Crippen molar-refractivity contribution in [3.05, 3.63) is 82.8 Å². The first kappa shape index (κ1) is 12.7. The van der Waals surface area contributed by atoms with E-state index in [2.05, 4.69) is 23.6 Å². The molecule has 1 aromatic heterocycles. The molecule has 0 fully saturated rings. The fourth-order valence-electron chi connectivity index (χ4n) is 1.46. The van der Waals surface area contributed by atoms with Crippen molar-refractivity contribution >= 4 is 11.3 Å². The second-order valence-electron chi connectivity index (χ2n) is 3.77. The minimum absolute atomic E-state index is 0.626. The molecule has 0 radical (unpaired) electrons. The van der Waals surface area contributed by atoms with Crippen molar-refractivity contribution in [2.24, 2.45) is 0 Å². The third kappa shape index (κ3) is 4.60. The molecule has 1 aromatic rings. The molecule has 0 N–H and O–H groups in total. The molecular formula is C16H16OS. The van der Waals surface area contributed by atoms with Crippen LogP contribution in [0.15, 0.2) is 78.0 Å². The van der Waals surface area contributed by atoms with Gasteiger partial charge in [0.05, 0.1) is 0 Å². The zero-order valence-corrected chi connectivity index (χ0v) is 11.0. The van der Waals surface area contributed by atoms with Crippen molar-refractivity contribution in [2.45, 2.75) is 13.0 Å². The van der Waals surface area contributed by atoms with Gasteiger partial charge in [-0.1, -0.05) is 48.6 Å². The van der Waals surface area contributed by atoms with Crippen LogP contribution >= 0.6 is 11.3 Å². The molecule has 2 rings (SSSR count). The van der Waals surface area contributed by atoms with Gasteiger partial charge in [0, 0.05) is 4.88 Å². The molecule has 18 heavy (non-hydrogen) atoms. The molecule has 0 amide bonds. The highest BCUT2D eigenvalue weighted by molar-refractivity contribution is 7.09. The Morgan fingerprint density at radius 3 is 2.78 bits per heavy atom. The highest BCUT2D eigenvalue weighted by Crippen LogP contribution is 2.13. The normalized spacial score (nSPS) is 23.4. The first-order valence-electron chi connectivity index (χ1n) is 5.97. The van der Waals surface area contributed by atoms with E-state index in [0.717, 1.165) is 12.2 Å². The van der Waals surface area contributed by atoms with Gasteiger partial charge in [-0.05, 0) is 30.0 Å². The van der Waals surface area contributed by atoms with E-state index in [1.165, 1.54) is 4.88 Å². The SMILES string of the molecule is C1=CC/C=C/C=C\C(OCc2cccs2)=C\C=C/1. The zero-order chi connectivity index (χ0) is 12.5. The van der Waals surface area contributed by atoms with Crippen LogP contribution in [0.2, 0.25) is 0 Å². The van der Waals surface area contributed by atoms with E-state index in [9.17, 15) is 0 Å². The topological polar surface area (TPSA) is 9.23 Å². The van der Waals surface area contributed by atoms with Crippen molar-refractivity contribution in [1.82, 2.24) is 0 Å². The molecule has 0 saturated heterocycles. The van der Waals surface area contributed by atoms with E-state index in [-0.39, 0.29) is 0 Å². The van der Waals surface area contributed by atoms with Gasteiger partial charge in [0.2, 0.25) is 0 Å². The summed E-state index contributed by atoms with van der Waals surface area (Å²) in [5, 5.41) is 2.06. The second kappa shape index (κ2) is 7.51. The van der Waals surface area contributed by atoms with Gasteiger partial charge in [-0.2, -0.15) is 0 Å². The van der Waals surface area contributed by atoms with Crippen molar-refractivity contribution in [1.29, 1.82) is 0 Å². The maximum atomic E-state index is 5.78. The molecule has 0 spiro atoms. The highest BCUT2D eigenvalue weighted by atomic mass is 32.1. The summed E-state index contributed by atoms with van der Waals surface area (Å²) in [6.45, 7) is 0.626. The lowest BCUT2D eigenvalue weighted by molar-refractivity contribution is 0.214. The number of ether oxygens (including phenoxy) is 1. The van der Waals surface area contributed by atoms with Gasteiger partial charge in [-0.15, -0.1) is 11.3 Å². The van der Waals surface area contributed by atoms with E-state index in [0.29, 0.717) is 6.61 Å². The van der Waals surface area contributed by atoms with Crippen LogP contribution in [0.25, 0.3) is 0 Å². The lowest BCUT2D eigenvalue weighted by Crippen LogP contribution is -1.88. The Hall–Kier alpha value is -1.80. The Bertz CT molecular complexity index is 487. The number of hydrogen-bond acceptors (Lipinski definition) is 2. The van der Waals surface area contributed by atoms with E-state index < -0.39 is 0 Å². The number of allylic oxidation sites excluding steroid dienone is 9. The molecule has 0 aliphatic heterocycles. The first-order chi connectivity index (χ1) is 8.95. The van der Waals surface area contributed by atoms with Crippen LogP contribution in [-0.4, -0.2) is 0 Å². The number of thiophene rings is 1. The maximum absolute atomic E-state index is 5.78. The molecule has 0 saturated carbocycles. The van der Waals surface area contributed by atoms with Crippen LogP contribution in [0, 0.1) is 0 Å². The summed E-state index contributed by atoms with van der Waals surface area (Å²) < 4.78 is 5.78. The Morgan fingerprint density at radius 1 is 1.06 bits per heavy atom. The van der Waals surface area contributed by atoms with Crippen LogP contribution < -0.4 is 0 Å². The van der Waals surface area contributed by atoms with Gasteiger partial charge in [0.15, 0.2) is 0 Å². The maximum Gasteiger partial charge on any atom is 0.122 e. The molecular weight excluding hydrogens is 240 g/mol. The molecule has 92 valence electrons. The molecule has 0 aromatic carbocycles. The predicted octanol–water partition coefficient (Wildman–Crippen LogP) is 4.78. The molecule has 2 heteroatoms. The lowest BCUT2D eigenvalue weighted by Gasteiger charge is -2.04. The molecule has 0 bridgehead atoms. The van der Waals surface area contributed by atoms with Crippen molar-refractivity contribution in [3.63, 3.8) is 0 Å². The van der Waals surface area contributed by atoms with Crippen molar-refractivity contribution in [2.75, 3.05) is 0 Å². The van der Waals surface area contributed by atoms with E-state index in [4.69, 9.17) is 4.74 Å². The smallest absolute Gasteiger partial charge is 0.122 e. The third-order valence-electron chi connectivity index (χ3n) is 2.36. The van der Waals surface area contributed by atoms with Crippen LogP contribution in [0.4, 0.5) is 0 Å². The van der Waals surface area contributed by atoms with E-state index >= 15 is 0 Å². The average Bonchev–Trinajstić information content (AvgIpc) is 2.87. The fraction of sp³-hybridized carbons (Fsp3) is 0.125. The quantitative estimate of drug-likeness (QED) is 0.756. The Morgan fingerprint density at radius 2 is 1.94 bits per heavy atom. The Kier molecular flexibility index (Phi) is 5.28. The minimum Gasteiger partial charge on any atom is -0.488 e. The molecule has 1 aliphatic carbocycles. The molecule has 0 unspecified atom stereocenters. The van der Waals surface area contributed by atoms with Gasteiger partial charge in [-0.3, -0.25) is 0 Å². The summed E-state index contributed by atoms with van der Waals surface area (Å²) in [6, 6.07) is 4.12. The van der Waals surface area contributed by atoms with Crippen LogP contribution in [-0.2, 0) is 11.3 Å². The summed E-state index contributed by atoms with van der Waals surface area (Å²) in [5.41, 5.74) is 0. The third-order valence-corrected chi connectivity index (χ3v) is 3.21. The first-order valence-corrected chi connectivity index (χ1v) is 6.85. The predicted molar refractivity (Wildman–Crippen MR) is 78.4 cm³/mol. The highest BCUT2D eigenvalue weighted by Gasteiger charge is 1.95. The summed E-state index contributed by atoms with van der Waals surface area (Å²) in [5.74, 6) is 0.875. The monoisotopic (exact) mass is 256 g/mol.